The number of rotatable bonds is 2. The molecule has 0 bridgehead atoms. The maximum absolute atomic E-state index is 12.2. The second kappa shape index (κ2) is 4.90. The molecule has 1 saturated carbocycles. The molecule has 0 saturated heterocycles. The normalized spacial score (nSPS) is 22.6. The molecule has 0 radical (unpaired) electrons. The van der Waals surface area contributed by atoms with E-state index >= 15 is 0 Å². The molecule has 1 aliphatic heterocycles. The van der Waals surface area contributed by atoms with Crippen molar-refractivity contribution in [2.75, 3.05) is 14.2 Å². The lowest BCUT2D eigenvalue weighted by molar-refractivity contribution is -0.168. The number of allylic oxidation sites excluding steroid dienone is 3. The number of carbonyl (C=O) groups is 2. The van der Waals surface area contributed by atoms with Gasteiger partial charge in [-0.05, 0) is 44.4 Å². The molecule has 2 aliphatic rings. The maximum Gasteiger partial charge on any atom is 0.323 e. The van der Waals surface area contributed by atoms with Gasteiger partial charge in [0.05, 0.1) is 20.0 Å². The fourth-order valence-corrected chi connectivity index (χ4v) is 3.22. The minimum Gasteiger partial charge on any atom is -0.488 e. The predicted octanol–water partition coefficient (Wildman–Crippen LogP) is 2.51. The van der Waals surface area contributed by atoms with E-state index in [1.807, 2.05) is 27.7 Å². The second-order valence-electron chi connectivity index (χ2n) is 6.17. The summed E-state index contributed by atoms with van der Waals surface area (Å²) in [5.41, 5.74) is 1.24. The Bertz CT molecular complexity index is 549. The Balaban J connectivity index is 2.59. The van der Waals surface area contributed by atoms with Gasteiger partial charge in [-0.1, -0.05) is 0 Å². The van der Waals surface area contributed by atoms with Crippen molar-refractivity contribution < 1.29 is 23.8 Å². The highest BCUT2D eigenvalue weighted by Gasteiger charge is 2.56. The van der Waals surface area contributed by atoms with Crippen LogP contribution in [0.1, 0.15) is 40.5 Å². The van der Waals surface area contributed by atoms with Crippen molar-refractivity contribution in [3.8, 4) is 0 Å². The largest absolute Gasteiger partial charge is 0.488 e. The third-order valence-electron chi connectivity index (χ3n) is 4.66. The van der Waals surface area contributed by atoms with Crippen LogP contribution >= 0.6 is 0 Å². The van der Waals surface area contributed by atoms with Crippen LogP contribution < -0.4 is 0 Å². The van der Waals surface area contributed by atoms with Crippen LogP contribution in [0, 0.1) is 5.41 Å². The molecule has 2 rings (SSSR count). The van der Waals surface area contributed by atoms with E-state index in [1.165, 1.54) is 14.2 Å². The summed E-state index contributed by atoms with van der Waals surface area (Å²) in [6.45, 7) is 7.80. The molecule has 1 heterocycles. The first kappa shape index (κ1) is 15.6. The Morgan fingerprint density at radius 1 is 1.00 bits per heavy atom. The van der Waals surface area contributed by atoms with Gasteiger partial charge in [-0.25, -0.2) is 0 Å². The number of ether oxygens (including phenoxy) is 3. The van der Waals surface area contributed by atoms with E-state index in [4.69, 9.17) is 14.2 Å². The van der Waals surface area contributed by atoms with Gasteiger partial charge < -0.3 is 14.2 Å². The lowest BCUT2D eigenvalue weighted by Crippen LogP contribution is -2.38. The molecule has 1 fully saturated rings. The van der Waals surface area contributed by atoms with E-state index < -0.39 is 23.0 Å². The van der Waals surface area contributed by atoms with Crippen LogP contribution in [0.5, 0.6) is 0 Å². The third-order valence-corrected chi connectivity index (χ3v) is 4.66. The molecular weight excluding hydrogens is 272 g/mol. The molecule has 5 nitrogen and oxygen atoms in total. The summed E-state index contributed by atoms with van der Waals surface area (Å²) in [6.07, 6.45) is 0.568. The number of esters is 2. The van der Waals surface area contributed by atoms with Crippen LogP contribution in [-0.4, -0.2) is 31.8 Å². The van der Waals surface area contributed by atoms with Crippen LogP contribution in [-0.2, 0) is 23.8 Å². The second-order valence-corrected chi connectivity index (χ2v) is 6.17. The summed E-state index contributed by atoms with van der Waals surface area (Å²) >= 11 is 0. The molecule has 5 heteroatoms. The van der Waals surface area contributed by atoms with Crippen molar-refractivity contribution >= 4 is 11.9 Å². The van der Waals surface area contributed by atoms with Gasteiger partial charge in [0.1, 0.15) is 5.60 Å². The zero-order valence-electron chi connectivity index (χ0n) is 13.5. The summed E-state index contributed by atoms with van der Waals surface area (Å²) in [5, 5.41) is 0. The van der Waals surface area contributed by atoms with Gasteiger partial charge in [0.2, 0.25) is 0 Å². The zero-order chi connectivity index (χ0) is 16.0. The lowest BCUT2D eigenvalue weighted by atomic mass is 9.84. The van der Waals surface area contributed by atoms with Crippen molar-refractivity contribution in [3.05, 3.63) is 22.5 Å². The molecule has 0 aromatic heterocycles. The van der Waals surface area contributed by atoms with E-state index in [2.05, 4.69) is 0 Å². The molecule has 116 valence electrons. The highest BCUT2D eigenvalue weighted by Crippen LogP contribution is 2.53. The Hall–Kier alpha value is -1.78. The van der Waals surface area contributed by atoms with Crippen molar-refractivity contribution in [2.45, 2.75) is 46.1 Å². The van der Waals surface area contributed by atoms with Crippen molar-refractivity contribution in [1.82, 2.24) is 0 Å². The zero-order valence-corrected chi connectivity index (χ0v) is 13.5. The average Bonchev–Trinajstić information content (AvgIpc) is 2.85. The summed E-state index contributed by atoms with van der Waals surface area (Å²) in [7, 11) is 2.58. The van der Waals surface area contributed by atoms with Gasteiger partial charge in [0.25, 0.3) is 0 Å². The van der Waals surface area contributed by atoms with Gasteiger partial charge in [0, 0.05) is 12.8 Å². The summed E-state index contributed by atoms with van der Waals surface area (Å²) < 4.78 is 15.7. The SMILES string of the molecule is COC(=O)C1(C(=O)OC)CC2=C(C)OC(C)(C)C(C)=C2C1. The van der Waals surface area contributed by atoms with Crippen molar-refractivity contribution in [2.24, 2.45) is 5.41 Å². The minimum absolute atomic E-state index is 0.265. The predicted molar refractivity (Wildman–Crippen MR) is 76.3 cm³/mol. The van der Waals surface area contributed by atoms with Gasteiger partial charge >= 0.3 is 11.9 Å². The number of carbonyl (C=O) groups excluding carboxylic acids is 2. The van der Waals surface area contributed by atoms with E-state index in [0.29, 0.717) is 6.42 Å². The topological polar surface area (TPSA) is 61.8 Å². The summed E-state index contributed by atoms with van der Waals surface area (Å²) in [6, 6.07) is 0. The smallest absolute Gasteiger partial charge is 0.323 e. The molecule has 1 aliphatic carbocycles. The number of fused-ring (bicyclic) bond motifs is 1. The third kappa shape index (κ3) is 2.15. The van der Waals surface area contributed by atoms with E-state index in [-0.39, 0.29) is 6.42 Å². The summed E-state index contributed by atoms with van der Waals surface area (Å²) in [5.74, 6) is -0.348. The number of methoxy groups -OCH3 is 2. The number of hydrogen-bond donors (Lipinski definition) is 0. The fraction of sp³-hybridized carbons (Fsp3) is 0.625. The van der Waals surface area contributed by atoms with E-state index in [0.717, 1.165) is 22.5 Å². The molecule has 0 atom stereocenters. The molecule has 21 heavy (non-hydrogen) atoms. The Morgan fingerprint density at radius 3 is 1.95 bits per heavy atom. The monoisotopic (exact) mass is 294 g/mol. The first-order chi connectivity index (χ1) is 9.69. The van der Waals surface area contributed by atoms with Gasteiger partial charge in [0.15, 0.2) is 5.41 Å². The molecule has 0 amide bonds. The van der Waals surface area contributed by atoms with Gasteiger partial charge in [-0.3, -0.25) is 9.59 Å². The minimum atomic E-state index is -1.29. The molecular formula is C16H22O5. The summed E-state index contributed by atoms with van der Waals surface area (Å²) in [4.78, 5) is 24.5. The fourth-order valence-electron chi connectivity index (χ4n) is 3.22. The quantitative estimate of drug-likeness (QED) is 0.578. The number of hydrogen-bond acceptors (Lipinski definition) is 5. The lowest BCUT2D eigenvalue weighted by Gasteiger charge is -2.34. The van der Waals surface area contributed by atoms with Crippen LogP contribution in [0.15, 0.2) is 22.5 Å². The van der Waals surface area contributed by atoms with Crippen molar-refractivity contribution in [3.63, 3.8) is 0 Å². The highest BCUT2D eigenvalue weighted by atomic mass is 16.5. The molecule has 0 aromatic carbocycles. The first-order valence-corrected chi connectivity index (χ1v) is 6.96. The van der Waals surface area contributed by atoms with Crippen molar-refractivity contribution in [1.29, 1.82) is 0 Å². The first-order valence-electron chi connectivity index (χ1n) is 6.96. The van der Waals surface area contributed by atoms with Gasteiger partial charge in [-0.2, -0.15) is 0 Å². The van der Waals surface area contributed by atoms with E-state index in [1.54, 1.807) is 0 Å². The Morgan fingerprint density at radius 2 is 1.48 bits per heavy atom. The molecule has 0 aromatic rings. The standard InChI is InChI=1S/C16H22O5/c1-9-11-7-16(13(17)19-5,14(18)20-6)8-12(11)10(2)21-15(9,3)4/h7-8H2,1-6H3. The molecule has 0 spiro atoms. The van der Waals surface area contributed by atoms with Crippen LogP contribution in [0.3, 0.4) is 0 Å². The van der Waals surface area contributed by atoms with E-state index in [9.17, 15) is 9.59 Å². The molecule has 0 N–H and O–H groups in total. The molecule has 0 unspecified atom stereocenters. The van der Waals surface area contributed by atoms with Gasteiger partial charge in [-0.15, -0.1) is 0 Å². The maximum atomic E-state index is 12.2. The highest BCUT2D eigenvalue weighted by molar-refractivity contribution is 6.02. The van der Waals surface area contributed by atoms with Crippen LogP contribution in [0.2, 0.25) is 0 Å². The Kier molecular flexibility index (Phi) is 3.64. The Labute approximate surface area is 124 Å². The van der Waals surface area contributed by atoms with Crippen LogP contribution in [0.25, 0.3) is 0 Å². The van der Waals surface area contributed by atoms with Crippen LogP contribution in [0.4, 0.5) is 0 Å². The average molecular weight is 294 g/mol.